The SMILES string of the molecule is O=C(O)CC(O)c1ccc(Br)c(Cl)c1. The largest absolute Gasteiger partial charge is 0.481 e. The number of aliphatic carboxylic acids is 1. The second-order valence-corrected chi connectivity index (χ2v) is 4.05. The minimum absolute atomic E-state index is 0.321. The van der Waals surface area contributed by atoms with E-state index < -0.39 is 12.1 Å². The monoisotopic (exact) mass is 278 g/mol. The summed E-state index contributed by atoms with van der Waals surface area (Å²) in [6, 6.07) is 4.84. The second kappa shape index (κ2) is 4.77. The van der Waals surface area contributed by atoms with Crippen LogP contribution in [-0.2, 0) is 4.79 Å². The molecule has 0 bridgehead atoms. The Hall–Kier alpha value is -0.580. The van der Waals surface area contributed by atoms with Crippen molar-refractivity contribution < 1.29 is 15.0 Å². The standard InChI is InChI=1S/C9H8BrClO3/c10-6-2-1-5(3-7(6)11)8(12)4-9(13)14/h1-3,8,12H,4H2,(H,13,14). The molecule has 2 N–H and O–H groups in total. The molecule has 1 aromatic carbocycles. The second-order valence-electron chi connectivity index (χ2n) is 2.79. The molecule has 1 atom stereocenters. The molecular formula is C9H8BrClO3. The molecule has 5 heteroatoms. The first kappa shape index (κ1) is 11.5. The van der Waals surface area contributed by atoms with Crippen molar-refractivity contribution in [2.45, 2.75) is 12.5 Å². The third-order valence-corrected chi connectivity index (χ3v) is 2.93. The van der Waals surface area contributed by atoms with Gasteiger partial charge >= 0.3 is 5.97 Å². The highest BCUT2D eigenvalue weighted by atomic mass is 79.9. The lowest BCUT2D eigenvalue weighted by Crippen LogP contribution is -2.05. The Morgan fingerprint density at radius 1 is 1.57 bits per heavy atom. The van der Waals surface area contributed by atoms with Gasteiger partial charge in [-0.25, -0.2) is 0 Å². The average molecular weight is 280 g/mol. The van der Waals surface area contributed by atoms with Crippen LogP contribution in [0.1, 0.15) is 18.1 Å². The van der Waals surface area contributed by atoms with E-state index in [1.165, 1.54) is 0 Å². The summed E-state index contributed by atoms with van der Waals surface area (Å²) in [4.78, 5) is 10.3. The Labute approximate surface area is 94.4 Å². The molecule has 0 aliphatic rings. The van der Waals surface area contributed by atoms with Crippen LogP contribution in [-0.4, -0.2) is 16.2 Å². The molecule has 1 aromatic rings. The van der Waals surface area contributed by atoms with Crippen LogP contribution < -0.4 is 0 Å². The van der Waals surface area contributed by atoms with Crippen LogP contribution in [0.5, 0.6) is 0 Å². The first-order valence-corrected chi connectivity index (χ1v) is 5.02. The highest BCUT2D eigenvalue weighted by molar-refractivity contribution is 9.10. The molecule has 1 unspecified atom stereocenters. The van der Waals surface area contributed by atoms with E-state index in [2.05, 4.69) is 15.9 Å². The third-order valence-electron chi connectivity index (χ3n) is 1.70. The maximum absolute atomic E-state index is 10.3. The van der Waals surface area contributed by atoms with Gasteiger partial charge in [-0.05, 0) is 33.6 Å². The average Bonchev–Trinajstić information content (AvgIpc) is 2.08. The summed E-state index contributed by atoms with van der Waals surface area (Å²) < 4.78 is 0.713. The van der Waals surface area contributed by atoms with E-state index >= 15 is 0 Å². The smallest absolute Gasteiger partial charge is 0.306 e. The lowest BCUT2D eigenvalue weighted by atomic mass is 10.1. The molecule has 0 fully saturated rings. The van der Waals surface area contributed by atoms with E-state index in [1.54, 1.807) is 18.2 Å². The van der Waals surface area contributed by atoms with E-state index in [4.69, 9.17) is 16.7 Å². The zero-order valence-corrected chi connectivity index (χ0v) is 9.42. The summed E-state index contributed by atoms with van der Waals surface area (Å²) >= 11 is 8.99. The van der Waals surface area contributed by atoms with E-state index in [9.17, 15) is 9.90 Å². The summed E-state index contributed by atoms with van der Waals surface area (Å²) in [7, 11) is 0. The number of carboxylic acid groups (broad SMARTS) is 1. The molecular weight excluding hydrogens is 271 g/mol. The van der Waals surface area contributed by atoms with Gasteiger partial charge in [-0.15, -0.1) is 0 Å². The van der Waals surface area contributed by atoms with Crippen molar-refractivity contribution in [2.24, 2.45) is 0 Å². The topological polar surface area (TPSA) is 57.5 Å². The number of halogens is 2. The number of rotatable bonds is 3. The maximum atomic E-state index is 10.3. The van der Waals surface area contributed by atoms with E-state index in [0.29, 0.717) is 15.1 Å². The highest BCUT2D eigenvalue weighted by Gasteiger charge is 2.12. The van der Waals surface area contributed by atoms with E-state index in [-0.39, 0.29) is 6.42 Å². The van der Waals surface area contributed by atoms with Gasteiger partial charge in [-0.2, -0.15) is 0 Å². The quantitative estimate of drug-likeness (QED) is 0.894. The van der Waals surface area contributed by atoms with Crippen LogP contribution in [0.3, 0.4) is 0 Å². The van der Waals surface area contributed by atoms with Crippen molar-refractivity contribution in [3.63, 3.8) is 0 Å². The van der Waals surface area contributed by atoms with Gasteiger partial charge in [0.2, 0.25) is 0 Å². The normalized spacial score (nSPS) is 12.5. The van der Waals surface area contributed by atoms with Crippen LogP contribution >= 0.6 is 27.5 Å². The number of benzene rings is 1. The minimum atomic E-state index is -1.04. The van der Waals surface area contributed by atoms with Crippen molar-refractivity contribution in [3.05, 3.63) is 33.3 Å². The van der Waals surface area contributed by atoms with Crippen LogP contribution in [0, 0.1) is 0 Å². The zero-order chi connectivity index (χ0) is 10.7. The van der Waals surface area contributed by atoms with E-state index in [1.807, 2.05) is 0 Å². The lowest BCUT2D eigenvalue weighted by Gasteiger charge is -2.08. The van der Waals surface area contributed by atoms with Crippen molar-refractivity contribution in [1.82, 2.24) is 0 Å². The van der Waals surface area contributed by atoms with Crippen molar-refractivity contribution >= 4 is 33.5 Å². The molecule has 3 nitrogen and oxygen atoms in total. The van der Waals surface area contributed by atoms with Gasteiger partial charge in [0.25, 0.3) is 0 Å². The number of aliphatic hydroxyl groups is 1. The molecule has 76 valence electrons. The Morgan fingerprint density at radius 2 is 2.21 bits per heavy atom. The molecule has 0 amide bonds. The Kier molecular flexibility index (Phi) is 3.92. The van der Waals surface area contributed by atoms with Crippen molar-refractivity contribution in [1.29, 1.82) is 0 Å². The Morgan fingerprint density at radius 3 is 2.71 bits per heavy atom. The number of carbonyl (C=O) groups is 1. The van der Waals surface area contributed by atoms with Crippen LogP contribution in [0.25, 0.3) is 0 Å². The van der Waals surface area contributed by atoms with Crippen molar-refractivity contribution in [2.75, 3.05) is 0 Å². The third kappa shape index (κ3) is 2.97. The summed E-state index contributed by atoms with van der Waals surface area (Å²) in [6.07, 6.45) is -1.34. The van der Waals surface area contributed by atoms with Gasteiger partial charge in [-0.1, -0.05) is 17.7 Å². The number of hydrogen-bond donors (Lipinski definition) is 2. The predicted octanol–water partition coefficient (Wildman–Crippen LogP) is 2.61. The maximum Gasteiger partial charge on any atom is 0.306 e. The number of aliphatic hydroxyl groups excluding tert-OH is 1. The molecule has 0 aromatic heterocycles. The number of carboxylic acids is 1. The summed E-state index contributed by atoms with van der Waals surface area (Å²) in [5.74, 6) is -1.04. The first-order chi connectivity index (χ1) is 6.50. The molecule has 0 heterocycles. The van der Waals surface area contributed by atoms with E-state index in [0.717, 1.165) is 0 Å². The van der Waals surface area contributed by atoms with Gasteiger partial charge in [0, 0.05) is 4.47 Å². The molecule has 1 rings (SSSR count). The van der Waals surface area contributed by atoms with Gasteiger partial charge in [0.05, 0.1) is 17.5 Å². The highest BCUT2D eigenvalue weighted by Crippen LogP contribution is 2.27. The Balaban J connectivity index is 2.85. The van der Waals surface area contributed by atoms with Gasteiger partial charge in [0.15, 0.2) is 0 Å². The predicted molar refractivity (Wildman–Crippen MR) is 56.4 cm³/mol. The molecule has 0 radical (unpaired) electrons. The molecule has 0 saturated heterocycles. The van der Waals surface area contributed by atoms with Crippen LogP contribution in [0.4, 0.5) is 0 Å². The summed E-state index contributed by atoms with van der Waals surface area (Å²) in [6.45, 7) is 0. The van der Waals surface area contributed by atoms with Gasteiger partial charge in [-0.3, -0.25) is 4.79 Å². The Bertz CT molecular complexity index is 354. The van der Waals surface area contributed by atoms with Crippen LogP contribution in [0.15, 0.2) is 22.7 Å². The zero-order valence-electron chi connectivity index (χ0n) is 7.08. The fraction of sp³-hybridized carbons (Fsp3) is 0.222. The van der Waals surface area contributed by atoms with Crippen molar-refractivity contribution in [3.8, 4) is 0 Å². The van der Waals surface area contributed by atoms with Crippen LogP contribution in [0.2, 0.25) is 5.02 Å². The summed E-state index contributed by atoms with van der Waals surface area (Å²) in [5.41, 5.74) is 0.501. The van der Waals surface area contributed by atoms with Gasteiger partial charge < -0.3 is 10.2 Å². The molecule has 0 spiro atoms. The first-order valence-electron chi connectivity index (χ1n) is 3.85. The molecule has 0 aliphatic carbocycles. The molecule has 14 heavy (non-hydrogen) atoms. The summed E-state index contributed by atoms with van der Waals surface area (Å²) in [5, 5.41) is 18.4. The fourth-order valence-electron chi connectivity index (χ4n) is 1.00. The fourth-order valence-corrected chi connectivity index (χ4v) is 1.44. The minimum Gasteiger partial charge on any atom is -0.481 e. The number of hydrogen-bond acceptors (Lipinski definition) is 2. The molecule has 0 aliphatic heterocycles. The lowest BCUT2D eigenvalue weighted by molar-refractivity contribution is -0.139. The molecule has 0 saturated carbocycles. The van der Waals surface area contributed by atoms with Gasteiger partial charge in [0.1, 0.15) is 0 Å².